The summed E-state index contributed by atoms with van der Waals surface area (Å²) < 4.78 is 3.04. The van der Waals surface area contributed by atoms with E-state index in [1.165, 1.54) is 4.68 Å². The van der Waals surface area contributed by atoms with Crippen LogP contribution in [0.2, 0.25) is 0 Å². The van der Waals surface area contributed by atoms with Gasteiger partial charge in [0.2, 0.25) is 5.88 Å². The van der Waals surface area contributed by atoms with Crippen LogP contribution in [0.3, 0.4) is 0 Å². The number of nitrogen functional groups attached to an aromatic ring is 1. The summed E-state index contributed by atoms with van der Waals surface area (Å²) in [5.41, 5.74) is 2.31. The summed E-state index contributed by atoms with van der Waals surface area (Å²) in [6.07, 6.45) is 0. The van der Waals surface area contributed by atoms with Crippen LogP contribution in [-0.2, 0) is 6.54 Å². The number of aryl methyl sites for hydroxylation is 1. The van der Waals surface area contributed by atoms with Crippen LogP contribution in [0.15, 0.2) is 64.8 Å². The van der Waals surface area contributed by atoms with Crippen LogP contribution in [0.1, 0.15) is 11.4 Å². The van der Waals surface area contributed by atoms with E-state index in [9.17, 15) is 5.11 Å². The van der Waals surface area contributed by atoms with Crippen molar-refractivity contribution in [3.05, 3.63) is 66.0 Å². The summed E-state index contributed by atoms with van der Waals surface area (Å²) in [6.45, 7) is 2.24. The molecule has 138 valence electrons. The van der Waals surface area contributed by atoms with E-state index in [0.29, 0.717) is 18.1 Å². The maximum atomic E-state index is 10.8. The lowest BCUT2D eigenvalue weighted by atomic mass is 10.2. The van der Waals surface area contributed by atoms with Gasteiger partial charge in [0.1, 0.15) is 0 Å². The second-order valence-corrected chi connectivity index (χ2v) is 5.88. The molecular weight excluding hydrogens is 366 g/mol. The third kappa shape index (κ3) is 3.34. The smallest absolute Gasteiger partial charge is 0.288 e. The van der Waals surface area contributed by atoms with Crippen LogP contribution < -0.4 is 18.2 Å². The first-order valence-corrected chi connectivity index (χ1v) is 8.08. The van der Waals surface area contributed by atoms with E-state index in [-0.39, 0.29) is 24.2 Å². The molecule has 0 saturated carbocycles. The lowest BCUT2D eigenvalue weighted by Crippen LogP contribution is -3.00. The van der Waals surface area contributed by atoms with Crippen molar-refractivity contribution in [1.82, 2.24) is 19.4 Å². The van der Waals surface area contributed by atoms with E-state index in [1.807, 2.05) is 54.6 Å². The van der Waals surface area contributed by atoms with Gasteiger partial charge in [-0.3, -0.25) is 0 Å². The number of benzene rings is 2. The molecule has 0 radical (unpaired) electrons. The van der Waals surface area contributed by atoms with E-state index in [2.05, 4.69) is 20.4 Å². The minimum Gasteiger partial charge on any atom is -1.00 e. The molecule has 0 amide bonds. The number of nitrogens with zero attached hydrogens (tertiary/aromatic N) is 6. The number of rotatable bonds is 4. The van der Waals surface area contributed by atoms with Crippen LogP contribution in [0.4, 0.5) is 11.6 Å². The van der Waals surface area contributed by atoms with Gasteiger partial charge in [-0.2, -0.15) is 0 Å². The Bertz CT molecular complexity index is 1100. The fourth-order valence-electron chi connectivity index (χ4n) is 2.82. The Balaban J connectivity index is 0.00000210. The van der Waals surface area contributed by atoms with Crippen molar-refractivity contribution in [2.75, 3.05) is 5.84 Å². The van der Waals surface area contributed by atoms with Gasteiger partial charge in [0.05, 0.1) is 12.1 Å². The summed E-state index contributed by atoms with van der Waals surface area (Å²) in [6, 6.07) is 17.6. The molecule has 9 heteroatoms. The zero-order chi connectivity index (χ0) is 18.1. The van der Waals surface area contributed by atoms with Crippen molar-refractivity contribution in [2.45, 2.75) is 13.5 Å². The second kappa shape index (κ2) is 7.46. The van der Waals surface area contributed by atoms with Gasteiger partial charge in [0.25, 0.3) is 5.95 Å². The molecule has 2 aromatic heterocycles. The number of nitrogens with two attached hydrogens (primary N) is 1. The van der Waals surface area contributed by atoms with Gasteiger partial charge in [-0.15, -0.1) is 20.4 Å². The number of para-hydroxylation sites is 1. The van der Waals surface area contributed by atoms with Crippen LogP contribution in [-0.4, -0.2) is 24.5 Å². The number of aromatic nitrogens is 4. The molecule has 3 N–H and O–H groups in total. The maximum Gasteiger partial charge on any atom is 0.288 e. The Kier molecular flexibility index (Phi) is 5.09. The first-order valence-electron chi connectivity index (χ1n) is 8.08. The van der Waals surface area contributed by atoms with Crippen LogP contribution >= 0.6 is 0 Å². The summed E-state index contributed by atoms with van der Waals surface area (Å²) in [7, 11) is 0. The molecule has 27 heavy (non-hydrogen) atoms. The molecule has 0 atom stereocenters. The standard InChI is InChI=1S/C18H17N7O.ClH/c1-12-20-22-18(25(12)19)23-21-16-14-9-5-6-10-15(14)24(17(16)26)11-13-7-3-2-4-8-13;/h2-10,26H,11,19H2,1H3;1H/p-1. The van der Waals surface area contributed by atoms with Gasteiger partial charge in [0.15, 0.2) is 11.5 Å². The lowest BCUT2D eigenvalue weighted by Gasteiger charge is -2.06. The van der Waals surface area contributed by atoms with Crippen LogP contribution in [0.5, 0.6) is 5.88 Å². The topological polar surface area (TPSA) is 107 Å². The van der Waals surface area contributed by atoms with Crippen LogP contribution in [0, 0.1) is 6.92 Å². The SMILES string of the molecule is Cc1nnc(N=Nc2c(O)n(Cc3ccccc3)c3ccccc23)n1N.[Cl-]. The average molecular weight is 383 g/mol. The summed E-state index contributed by atoms with van der Waals surface area (Å²) >= 11 is 0. The zero-order valence-electron chi connectivity index (χ0n) is 14.5. The summed E-state index contributed by atoms with van der Waals surface area (Å²) in [4.78, 5) is 0. The molecule has 4 rings (SSSR count). The van der Waals surface area contributed by atoms with Gasteiger partial charge in [-0.25, -0.2) is 4.68 Å². The monoisotopic (exact) mass is 382 g/mol. The number of hydrogen-bond donors (Lipinski definition) is 2. The highest BCUT2D eigenvalue weighted by Gasteiger charge is 2.17. The number of azo groups is 1. The van der Waals surface area contributed by atoms with Crippen molar-refractivity contribution in [3.63, 3.8) is 0 Å². The molecule has 0 saturated heterocycles. The Morgan fingerprint density at radius 1 is 1.00 bits per heavy atom. The molecule has 8 nitrogen and oxygen atoms in total. The highest BCUT2D eigenvalue weighted by Crippen LogP contribution is 2.39. The molecule has 0 spiro atoms. The fraction of sp³-hybridized carbons (Fsp3) is 0.111. The Morgan fingerprint density at radius 2 is 1.70 bits per heavy atom. The predicted molar refractivity (Wildman–Crippen MR) is 98.2 cm³/mol. The minimum absolute atomic E-state index is 0. The van der Waals surface area contributed by atoms with E-state index in [4.69, 9.17) is 5.84 Å². The summed E-state index contributed by atoms with van der Waals surface area (Å²) in [5, 5.41) is 27.5. The van der Waals surface area contributed by atoms with Crippen molar-refractivity contribution in [2.24, 2.45) is 10.2 Å². The second-order valence-electron chi connectivity index (χ2n) is 5.88. The molecule has 2 aromatic carbocycles. The van der Waals surface area contributed by atoms with Gasteiger partial charge in [0, 0.05) is 5.39 Å². The quantitative estimate of drug-likeness (QED) is 0.394. The van der Waals surface area contributed by atoms with E-state index in [0.717, 1.165) is 16.5 Å². The van der Waals surface area contributed by atoms with Crippen molar-refractivity contribution in [1.29, 1.82) is 0 Å². The number of aromatic hydroxyl groups is 1. The van der Waals surface area contributed by atoms with Crippen LogP contribution in [0.25, 0.3) is 10.9 Å². The normalized spacial score (nSPS) is 11.1. The largest absolute Gasteiger partial charge is 1.00 e. The van der Waals surface area contributed by atoms with Crippen molar-refractivity contribution in [3.8, 4) is 5.88 Å². The number of fused-ring (bicyclic) bond motifs is 1. The van der Waals surface area contributed by atoms with E-state index in [1.54, 1.807) is 11.5 Å². The molecule has 0 aliphatic heterocycles. The third-order valence-electron chi connectivity index (χ3n) is 4.19. The predicted octanol–water partition coefficient (Wildman–Crippen LogP) is 0.428. The van der Waals surface area contributed by atoms with E-state index >= 15 is 0 Å². The maximum absolute atomic E-state index is 10.8. The van der Waals surface area contributed by atoms with Gasteiger partial charge in [-0.1, -0.05) is 48.5 Å². The number of halogens is 1. The average Bonchev–Trinajstić information content (AvgIpc) is 3.12. The first-order chi connectivity index (χ1) is 12.6. The Hall–Kier alpha value is -3.39. The van der Waals surface area contributed by atoms with Gasteiger partial charge in [-0.05, 0) is 18.6 Å². The lowest BCUT2D eigenvalue weighted by molar-refractivity contribution is -0.00000652. The summed E-state index contributed by atoms with van der Waals surface area (Å²) in [5.74, 6) is 6.53. The Labute approximate surface area is 161 Å². The fourth-order valence-corrected chi connectivity index (χ4v) is 2.82. The highest BCUT2D eigenvalue weighted by molar-refractivity contribution is 5.95. The molecule has 0 unspecified atom stereocenters. The zero-order valence-corrected chi connectivity index (χ0v) is 15.2. The molecular formula is C18H17ClN7O-. The molecule has 0 aliphatic rings. The highest BCUT2D eigenvalue weighted by atomic mass is 35.5. The van der Waals surface area contributed by atoms with Gasteiger partial charge >= 0.3 is 0 Å². The molecule has 0 bridgehead atoms. The molecule has 0 fully saturated rings. The van der Waals surface area contributed by atoms with Gasteiger partial charge < -0.3 is 27.9 Å². The molecule has 0 aliphatic carbocycles. The Morgan fingerprint density at radius 3 is 2.41 bits per heavy atom. The molecule has 4 aromatic rings. The van der Waals surface area contributed by atoms with Crippen molar-refractivity contribution < 1.29 is 17.5 Å². The van der Waals surface area contributed by atoms with E-state index < -0.39 is 0 Å². The minimum atomic E-state index is 0. The molecule has 2 heterocycles. The third-order valence-corrected chi connectivity index (χ3v) is 4.19. The number of hydrogen-bond acceptors (Lipinski definition) is 6. The first kappa shape index (κ1) is 18.4. The van der Waals surface area contributed by atoms with Crippen molar-refractivity contribution >= 4 is 22.5 Å².